The van der Waals surface area contributed by atoms with Crippen LogP contribution in [0.15, 0.2) is 24.3 Å². The molecule has 1 amide bonds. The van der Waals surface area contributed by atoms with Crippen LogP contribution >= 0.6 is 0 Å². The van der Waals surface area contributed by atoms with Gasteiger partial charge in [-0.3, -0.25) is 4.79 Å². The predicted octanol–water partition coefficient (Wildman–Crippen LogP) is 2.38. The highest BCUT2D eigenvalue weighted by atomic mass is 16.2. The van der Waals surface area contributed by atoms with E-state index >= 15 is 0 Å². The third kappa shape index (κ3) is 1.64. The van der Waals surface area contributed by atoms with E-state index in [0.29, 0.717) is 0 Å². The van der Waals surface area contributed by atoms with Crippen molar-refractivity contribution in [2.75, 3.05) is 25.0 Å². The number of likely N-dealkylation sites (tertiary alicyclic amines) is 1. The number of amides is 1. The molecule has 3 nitrogen and oxygen atoms in total. The Hall–Kier alpha value is -1.35. The van der Waals surface area contributed by atoms with Gasteiger partial charge in [-0.1, -0.05) is 24.6 Å². The predicted molar refractivity (Wildman–Crippen MR) is 75.1 cm³/mol. The van der Waals surface area contributed by atoms with Crippen molar-refractivity contribution in [1.82, 2.24) is 4.90 Å². The van der Waals surface area contributed by atoms with Crippen molar-refractivity contribution in [3.05, 3.63) is 29.8 Å². The van der Waals surface area contributed by atoms with Crippen molar-refractivity contribution in [3.8, 4) is 0 Å². The van der Waals surface area contributed by atoms with Gasteiger partial charge in [0, 0.05) is 18.8 Å². The summed E-state index contributed by atoms with van der Waals surface area (Å²) in [5.41, 5.74) is 1.98. The normalized spacial score (nSPS) is 30.4. The van der Waals surface area contributed by atoms with Gasteiger partial charge in [0.2, 0.25) is 5.91 Å². The maximum Gasteiger partial charge on any atom is 0.236 e. The van der Waals surface area contributed by atoms with Gasteiger partial charge in [0.05, 0.1) is 5.41 Å². The molecule has 0 radical (unpaired) electrons. The maximum atomic E-state index is 12.4. The molecular formula is C16H20N2O. The Morgan fingerprint density at radius 1 is 1.32 bits per heavy atom. The van der Waals surface area contributed by atoms with Crippen LogP contribution < -0.4 is 5.32 Å². The number of carbonyl (C=O) groups is 1. The van der Waals surface area contributed by atoms with E-state index in [-0.39, 0.29) is 11.3 Å². The van der Waals surface area contributed by atoms with Crippen LogP contribution in [-0.4, -0.2) is 30.4 Å². The van der Waals surface area contributed by atoms with Crippen molar-refractivity contribution >= 4 is 11.6 Å². The third-order valence-corrected chi connectivity index (χ3v) is 5.21. The fourth-order valence-electron chi connectivity index (χ4n) is 3.86. The fraction of sp³-hybridized carbons (Fsp3) is 0.562. The Labute approximate surface area is 114 Å². The van der Waals surface area contributed by atoms with Crippen LogP contribution in [-0.2, 0) is 10.2 Å². The number of nitrogens with one attached hydrogen (secondary N) is 1. The SMILES string of the molecule is O=C1Nc2ccccc2C12CCN(CC1CCC1)C2. The van der Waals surface area contributed by atoms with Gasteiger partial charge in [0.1, 0.15) is 0 Å². The van der Waals surface area contributed by atoms with E-state index in [4.69, 9.17) is 0 Å². The molecule has 1 saturated carbocycles. The van der Waals surface area contributed by atoms with E-state index in [2.05, 4.69) is 22.3 Å². The summed E-state index contributed by atoms with van der Waals surface area (Å²) in [6, 6.07) is 8.20. The summed E-state index contributed by atoms with van der Waals surface area (Å²) < 4.78 is 0. The molecule has 2 aliphatic heterocycles. The number of anilines is 1. The topological polar surface area (TPSA) is 32.3 Å². The monoisotopic (exact) mass is 256 g/mol. The minimum atomic E-state index is -0.264. The van der Waals surface area contributed by atoms with E-state index in [1.54, 1.807) is 0 Å². The molecular weight excluding hydrogens is 236 g/mol. The second kappa shape index (κ2) is 4.07. The molecule has 100 valence electrons. The lowest BCUT2D eigenvalue weighted by Crippen LogP contribution is -2.39. The quantitative estimate of drug-likeness (QED) is 0.881. The molecule has 2 heterocycles. The van der Waals surface area contributed by atoms with Gasteiger partial charge in [-0.05, 0) is 43.4 Å². The van der Waals surface area contributed by atoms with Gasteiger partial charge >= 0.3 is 0 Å². The van der Waals surface area contributed by atoms with E-state index < -0.39 is 0 Å². The van der Waals surface area contributed by atoms with Crippen LogP contribution in [0.2, 0.25) is 0 Å². The molecule has 3 aliphatic rings. The van der Waals surface area contributed by atoms with Gasteiger partial charge in [0.15, 0.2) is 0 Å². The molecule has 1 spiro atoms. The summed E-state index contributed by atoms with van der Waals surface area (Å²) in [5, 5.41) is 3.07. The van der Waals surface area contributed by atoms with Crippen molar-refractivity contribution in [2.45, 2.75) is 31.1 Å². The van der Waals surface area contributed by atoms with E-state index in [1.165, 1.54) is 31.4 Å². The molecule has 1 N–H and O–H groups in total. The van der Waals surface area contributed by atoms with Crippen molar-refractivity contribution < 1.29 is 4.79 Å². The first-order valence-corrected chi connectivity index (χ1v) is 7.41. The van der Waals surface area contributed by atoms with Crippen LogP contribution in [0.3, 0.4) is 0 Å². The molecule has 1 aromatic carbocycles. The first kappa shape index (κ1) is 11.5. The lowest BCUT2D eigenvalue weighted by molar-refractivity contribution is -0.120. The molecule has 4 rings (SSSR count). The molecule has 1 unspecified atom stereocenters. The van der Waals surface area contributed by atoms with Gasteiger partial charge < -0.3 is 10.2 Å². The smallest absolute Gasteiger partial charge is 0.236 e. The van der Waals surface area contributed by atoms with Crippen LogP contribution in [0, 0.1) is 5.92 Å². The number of carbonyl (C=O) groups excluding carboxylic acids is 1. The number of para-hydroxylation sites is 1. The molecule has 1 saturated heterocycles. The van der Waals surface area contributed by atoms with E-state index in [9.17, 15) is 4.79 Å². The molecule has 3 heteroatoms. The zero-order chi connectivity index (χ0) is 12.9. The number of hydrogen-bond acceptors (Lipinski definition) is 2. The zero-order valence-corrected chi connectivity index (χ0v) is 11.2. The largest absolute Gasteiger partial charge is 0.325 e. The Balaban J connectivity index is 1.59. The van der Waals surface area contributed by atoms with Crippen LogP contribution in [0.1, 0.15) is 31.2 Å². The second-order valence-electron chi connectivity index (χ2n) is 6.36. The van der Waals surface area contributed by atoms with Crippen LogP contribution in [0.25, 0.3) is 0 Å². The average molecular weight is 256 g/mol. The molecule has 2 fully saturated rings. The highest BCUT2D eigenvalue weighted by Crippen LogP contribution is 2.44. The molecule has 1 atom stereocenters. The fourth-order valence-corrected chi connectivity index (χ4v) is 3.86. The number of benzene rings is 1. The zero-order valence-electron chi connectivity index (χ0n) is 11.2. The van der Waals surface area contributed by atoms with E-state index in [0.717, 1.165) is 31.1 Å². The van der Waals surface area contributed by atoms with Crippen molar-refractivity contribution in [3.63, 3.8) is 0 Å². The van der Waals surface area contributed by atoms with Crippen molar-refractivity contribution in [2.24, 2.45) is 5.92 Å². The molecule has 0 bridgehead atoms. The summed E-state index contributed by atoms with van der Waals surface area (Å²) in [6.45, 7) is 3.17. The Bertz CT molecular complexity index is 523. The maximum absolute atomic E-state index is 12.4. The minimum Gasteiger partial charge on any atom is -0.325 e. The van der Waals surface area contributed by atoms with Gasteiger partial charge in [-0.25, -0.2) is 0 Å². The summed E-state index contributed by atoms with van der Waals surface area (Å²) in [5.74, 6) is 1.10. The third-order valence-electron chi connectivity index (χ3n) is 5.21. The number of fused-ring (bicyclic) bond motifs is 2. The molecule has 0 aromatic heterocycles. The minimum absolute atomic E-state index is 0.213. The molecule has 1 aromatic rings. The Morgan fingerprint density at radius 3 is 2.95 bits per heavy atom. The summed E-state index contributed by atoms with van der Waals surface area (Å²) in [4.78, 5) is 14.9. The molecule has 1 aliphatic carbocycles. The first-order chi connectivity index (χ1) is 9.28. The first-order valence-electron chi connectivity index (χ1n) is 7.41. The summed E-state index contributed by atoms with van der Waals surface area (Å²) in [6.07, 6.45) is 5.13. The van der Waals surface area contributed by atoms with Crippen LogP contribution in [0.4, 0.5) is 5.69 Å². The van der Waals surface area contributed by atoms with E-state index in [1.807, 2.05) is 12.1 Å². The lowest BCUT2D eigenvalue weighted by atomic mass is 9.81. The van der Waals surface area contributed by atoms with Gasteiger partial charge in [-0.2, -0.15) is 0 Å². The Morgan fingerprint density at radius 2 is 2.16 bits per heavy atom. The number of nitrogens with zero attached hydrogens (tertiary/aromatic N) is 1. The standard InChI is InChI=1S/C16H20N2O/c19-15-16(13-6-1-2-7-14(13)17-15)8-9-18(11-16)10-12-4-3-5-12/h1-2,6-7,12H,3-5,8-11H2,(H,17,19). The van der Waals surface area contributed by atoms with Crippen LogP contribution in [0.5, 0.6) is 0 Å². The summed E-state index contributed by atoms with van der Waals surface area (Å²) in [7, 11) is 0. The average Bonchev–Trinajstić information content (AvgIpc) is 2.90. The van der Waals surface area contributed by atoms with Gasteiger partial charge in [0.25, 0.3) is 0 Å². The number of hydrogen-bond donors (Lipinski definition) is 1. The highest BCUT2D eigenvalue weighted by molar-refractivity contribution is 6.06. The van der Waals surface area contributed by atoms with Crippen molar-refractivity contribution in [1.29, 1.82) is 0 Å². The molecule has 19 heavy (non-hydrogen) atoms. The summed E-state index contributed by atoms with van der Waals surface area (Å²) >= 11 is 0. The van der Waals surface area contributed by atoms with Gasteiger partial charge in [-0.15, -0.1) is 0 Å². The highest BCUT2D eigenvalue weighted by Gasteiger charge is 2.51. The lowest BCUT2D eigenvalue weighted by Gasteiger charge is -2.30. The second-order valence-corrected chi connectivity index (χ2v) is 6.36. The Kier molecular flexibility index (Phi) is 2.46. The number of rotatable bonds is 2.